The van der Waals surface area contributed by atoms with Gasteiger partial charge in [0.1, 0.15) is 11.5 Å². The van der Waals surface area contributed by atoms with Crippen molar-refractivity contribution >= 4 is 46.7 Å². The standard InChI is InChI=1S/C46H42N4O6S/c1-29-23-34(49(51)52)24-32-19-21-45(55-41(29)32)43(2,3)36-11-7-9-13-38(36)47(45)27-30-15-17-31(18-16-30)28-48-39-14-10-8-12-37(39)44(4,5)46(48)22-20-33-25-35(50(53)54)26-40(57-6)42(33)56-46/h7-26H,27-28H2,1-6H3. The van der Waals surface area contributed by atoms with Gasteiger partial charge in [-0.15, -0.1) is 11.8 Å². The van der Waals surface area contributed by atoms with Crippen LogP contribution in [0, 0.1) is 27.2 Å². The van der Waals surface area contributed by atoms with Crippen LogP contribution >= 0.6 is 11.8 Å². The van der Waals surface area contributed by atoms with E-state index in [0.29, 0.717) is 35.7 Å². The van der Waals surface area contributed by atoms with Crippen LogP contribution in [0.3, 0.4) is 0 Å². The third-order valence-corrected chi connectivity index (χ3v) is 13.3. The number of aryl methyl sites for hydroxylation is 1. The van der Waals surface area contributed by atoms with Gasteiger partial charge in [0.25, 0.3) is 11.4 Å². The first-order valence-corrected chi connectivity index (χ1v) is 20.2. The number of hydrogen-bond donors (Lipinski definition) is 0. The number of nitro benzene ring substituents is 2. The number of rotatable bonds is 7. The molecule has 0 aliphatic carbocycles. The van der Waals surface area contributed by atoms with Crippen molar-refractivity contribution < 1.29 is 19.3 Å². The molecule has 4 aliphatic rings. The van der Waals surface area contributed by atoms with E-state index >= 15 is 0 Å². The number of nitro groups is 2. The lowest BCUT2D eigenvalue weighted by atomic mass is 9.76. The van der Waals surface area contributed by atoms with Gasteiger partial charge < -0.3 is 19.3 Å². The highest BCUT2D eigenvalue weighted by molar-refractivity contribution is 7.98. The Hall–Kier alpha value is -6.07. The van der Waals surface area contributed by atoms with Crippen LogP contribution in [0.15, 0.2) is 114 Å². The van der Waals surface area contributed by atoms with Crippen molar-refractivity contribution in [1.82, 2.24) is 0 Å². The summed E-state index contributed by atoms with van der Waals surface area (Å²) in [5, 5.41) is 23.4. The quantitative estimate of drug-likeness (QED) is 0.0905. The fourth-order valence-corrected chi connectivity index (χ4v) is 9.99. The summed E-state index contributed by atoms with van der Waals surface area (Å²) in [6, 6.07) is 31.8. The molecule has 0 radical (unpaired) electrons. The molecule has 9 rings (SSSR count). The zero-order valence-corrected chi connectivity index (χ0v) is 33.4. The smallest absolute Gasteiger partial charge is 0.271 e. The maximum Gasteiger partial charge on any atom is 0.271 e. The highest BCUT2D eigenvalue weighted by atomic mass is 32.2. The Morgan fingerprint density at radius 3 is 1.54 bits per heavy atom. The Balaban J connectivity index is 1.06. The van der Waals surface area contributed by atoms with Crippen molar-refractivity contribution in [1.29, 1.82) is 0 Å². The maximum absolute atomic E-state index is 11.8. The molecule has 0 amide bonds. The number of para-hydroxylation sites is 2. The Morgan fingerprint density at radius 2 is 1.07 bits per heavy atom. The van der Waals surface area contributed by atoms with Crippen LogP contribution in [0.5, 0.6) is 11.5 Å². The maximum atomic E-state index is 11.8. The second-order valence-corrected chi connectivity index (χ2v) is 17.1. The van der Waals surface area contributed by atoms with Gasteiger partial charge in [0.15, 0.2) is 0 Å². The molecule has 0 N–H and O–H groups in total. The lowest BCUT2D eigenvalue weighted by Gasteiger charge is -2.47. The number of fused-ring (bicyclic) bond motifs is 4. The molecule has 0 bridgehead atoms. The van der Waals surface area contributed by atoms with Crippen molar-refractivity contribution in [3.05, 3.63) is 168 Å². The Morgan fingerprint density at radius 1 is 0.632 bits per heavy atom. The molecule has 5 aromatic rings. The van der Waals surface area contributed by atoms with Crippen LogP contribution in [-0.2, 0) is 23.9 Å². The summed E-state index contributed by atoms with van der Waals surface area (Å²) in [7, 11) is 0. The van der Waals surface area contributed by atoms with Crippen LogP contribution < -0.4 is 19.3 Å². The summed E-state index contributed by atoms with van der Waals surface area (Å²) < 4.78 is 14.2. The second-order valence-electron chi connectivity index (χ2n) is 16.3. The van der Waals surface area contributed by atoms with Gasteiger partial charge >= 0.3 is 0 Å². The Kier molecular flexibility index (Phi) is 8.16. The summed E-state index contributed by atoms with van der Waals surface area (Å²) in [5.41, 5.74) is 6.11. The third kappa shape index (κ3) is 5.24. The minimum absolute atomic E-state index is 0.0393. The highest BCUT2D eigenvalue weighted by Crippen LogP contribution is 2.58. The minimum atomic E-state index is -0.903. The number of nitrogens with zero attached hydrogens (tertiary/aromatic N) is 4. The van der Waals surface area contributed by atoms with Crippen molar-refractivity contribution in [3.63, 3.8) is 0 Å². The molecular formula is C46H42N4O6S. The lowest BCUT2D eigenvalue weighted by Crippen LogP contribution is -2.59. The van der Waals surface area contributed by atoms with Gasteiger partial charge in [-0.2, -0.15) is 0 Å². The van der Waals surface area contributed by atoms with Crippen molar-refractivity contribution in [2.45, 2.75) is 74.9 Å². The first-order valence-electron chi connectivity index (χ1n) is 18.9. The molecule has 11 heteroatoms. The van der Waals surface area contributed by atoms with Gasteiger partial charge in [-0.25, -0.2) is 0 Å². The fraction of sp³-hybridized carbons (Fsp3) is 0.261. The van der Waals surface area contributed by atoms with Crippen LogP contribution in [0.1, 0.15) is 66.6 Å². The summed E-state index contributed by atoms with van der Waals surface area (Å²) in [5.74, 6) is 1.30. The monoisotopic (exact) mass is 778 g/mol. The summed E-state index contributed by atoms with van der Waals surface area (Å²) >= 11 is 1.44. The highest BCUT2D eigenvalue weighted by Gasteiger charge is 2.60. The second kappa shape index (κ2) is 12.7. The Labute approximate surface area is 335 Å². The number of ether oxygens (including phenoxy) is 2. The molecule has 2 unspecified atom stereocenters. The van der Waals surface area contributed by atoms with E-state index in [0.717, 1.165) is 44.1 Å². The Bertz CT molecular complexity index is 2580. The summed E-state index contributed by atoms with van der Waals surface area (Å²) in [6.45, 7) is 11.8. The first-order chi connectivity index (χ1) is 27.2. The summed E-state index contributed by atoms with van der Waals surface area (Å²) in [4.78, 5) is 28.1. The third-order valence-electron chi connectivity index (χ3n) is 12.5. The number of non-ortho nitro benzene ring substituents is 2. The molecule has 0 aromatic heterocycles. The molecule has 0 saturated heterocycles. The van der Waals surface area contributed by atoms with Crippen LogP contribution in [0.25, 0.3) is 12.2 Å². The molecular weight excluding hydrogens is 737 g/mol. The van der Waals surface area contributed by atoms with Gasteiger partial charge in [0, 0.05) is 59.9 Å². The average molecular weight is 779 g/mol. The average Bonchev–Trinajstić information content (AvgIpc) is 3.48. The van der Waals surface area contributed by atoms with Gasteiger partial charge in [-0.1, -0.05) is 60.7 Å². The molecule has 5 aromatic carbocycles. The van der Waals surface area contributed by atoms with E-state index in [-0.39, 0.29) is 21.2 Å². The minimum Gasteiger partial charge on any atom is -0.462 e. The summed E-state index contributed by atoms with van der Waals surface area (Å²) in [6.07, 6.45) is 9.99. The van der Waals surface area contributed by atoms with Gasteiger partial charge in [-0.05, 0) is 105 Å². The molecule has 4 aliphatic heterocycles. The van der Waals surface area contributed by atoms with E-state index in [2.05, 4.69) is 116 Å². The van der Waals surface area contributed by atoms with Crippen LogP contribution in [-0.4, -0.2) is 27.6 Å². The van der Waals surface area contributed by atoms with Crippen molar-refractivity contribution in [2.24, 2.45) is 0 Å². The first kappa shape index (κ1) is 36.6. The van der Waals surface area contributed by atoms with E-state index in [1.807, 2.05) is 31.4 Å². The van der Waals surface area contributed by atoms with E-state index in [1.54, 1.807) is 24.3 Å². The molecule has 10 nitrogen and oxygen atoms in total. The molecule has 2 atom stereocenters. The fourth-order valence-electron chi connectivity index (χ4n) is 9.41. The predicted octanol–water partition coefficient (Wildman–Crippen LogP) is 10.7. The predicted molar refractivity (Wildman–Crippen MR) is 225 cm³/mol. The van der Waals surface area contributed by atoms with Gasteiger partial charge in [0.2, 0.25) is 11.4 Å². The zero-order chi connectivity index (χ0) is 40.1. The van der Waals surface area contributed by atoms with E-state index in [4.69, 9.17) is 9.47 Å². The molecule has 4 heterocycles. The molecule has 288 valence electrons. The van der Waals surface area contributed by atoms with E-state index in [9.17, 15) is 20.2 Å². The molecule has 57 heavy (non-hydrogen) atoms. The van der Waals surface area contributed by atoms with E-state index in [1.165, 1.54) is 11.8 Å². The van der Waals surface area contributed by atoms with Crippen LogP contribution in [0.2, 0.25) is 0 Å². The van der Waals surface area contributed by atoms with Crippen molar-refractivity contribution in [3.8, 4) is 11.5 Å². The molecule has 2 spiro atoms. The molecule has 0 saturated carbocycles. The SMILES string of the molecule is CSc1cc([N+](=O)[O-])cc2c1OC1(C=C2)N(Cc2ccc(CN3c4ccccc4C(C)(C)C34C=Cc3cc([N+](=O)[O-])cc(C)c3O4)cc2)c2ccccc2C1(C)C. The topological polar surface area (TPSA) is 111 Å². The normalized spacial score (nSPS) is 21.4. The largest absolute Gasteiger partial charge is 0.462 e. The van der Waals surface area contributed by atoms with E-state index < -0.39 is 22.3 Å². The zero-order valence-electron chi connectivity index (χ0n) is 32.6. The van der Waals surface area contributed by atoms with Gasteiger partial charge in [0.05, 0.1) is 25.6 Å². The van der Waals surface area contributed by atoms with Crippen LogP contribution in [0.4, 0.5) is 22.7 Å². The van der Waals surface area contributed by atoms with Gasteiger partial charge in [-0.3, -0.25) is 20.2 Å². The number of anilines is 2. The number of benzene rings is 5. The number of thioether (sulfide) groups is 1. The molecule has 0 fully saturated rings. The van der Waals surface area contributed by atoms with Crippen molar-refractivity contribution in [2.75, 3.05) is 16.1 Å². The number of hydrogen-bond acceptors (Lipinski definition) is 9. The lowest BCUT2D eigenvalue weighted by molar-refractivity contribution is -0.385.